The molecular weight excluding hydrogens is 549 g/mol. The maximum Gasteiger partial charge on any atom is 0.270 e. The fourth-order valence-corrected chi connectivity index (χ4v) is 6.35. The van der Waals surface area contributed by atoms with Crippen molar-refractivity contribution < 1.29 is 13.6 Å². The first-order chi connectivity index (χ1) is 19.3. The Labute approximate surface area is 241 Å². The average Bonchev–Trinajstić information content (AvgIpc) is 3.56. The van der Waals surface area contributed by atoms with Crippen molar-refractivity contribution in [1.29, 1.82) is 5.26 Å². The quantitative estimate of drug-likeness (QED) is 0.290. The Morgan fingerprint density at radius 2 is 1.85 bits per heavy atom. The van der Waals surface area contributed by atoms with Gasteiger partial charge >= 0.3 is 0 Å². The van der Waals surface area contributed by atoms with E-state index in [4.69, 9.17) is 16.6 Å². The molecule has 1 amide bonds. The number of aromatic nitrogens is 1. The molecule has 0 atom stereocenters. The summed E-state index contributed by atoms with van der Waals surface area (Å²) in [6, 6.07) is 12.3. The van der Waals surface area contributed by atoms with E-state index in [2.05, 4.69) is 11.0 Å². The van der Waals surface area contributed by atoms with Crippen LogP contribution >= 0.6 is 24.0 Å². The number of carbonyl (C=O) groups is 1. The lowest BCUT2D eigenvalue weighted by Gasteiger charge is -2.39. The Kier molecular flexibility index (Phi) is 8.09. The molecule has 2 aliphatic rings. The molecular formula is C29H28FN5O3S2. The molecule has 0 radical (unpaired) electrons. The van der Waals surface area contributed by atoms with E-state index in [-0.39, 0.29) is 29.4 Å². The third-order valence-electron chi connectivity index (χ3n) is 7.11. The van der Waals surface area contributed by atoms with Crippen molar-refractivity contribution in [2.75, 3.05) is 36.0 Å². The number of anilines is 2. The molecule has 5 rings (SSSR count). The minimum atomic E-state index is -0.351. The molecule has 206 valence electrons. The topological polar surface area (TPSA) is 85.7 Å². The van der Waals surface area contributed by atoms with Crippen LogP contribution in [0, 0.1) is 24.1 Å². The van der Waals surface area contributed by atoms with Crippen molar-refractivity contribution in [2.24, 2.45) is 0 Å². The van der Waals surface area contributed by atoms with Gasteiger partial charge in [0.05, 0.1) is 23.4 Å². The number of amides is 1. The predicted molar refractivity (Wildman–Crippen MR) is 159 cm³/mol. The van der Waals surface area contributed by atoms with Crippen LogP contribution in [0.3, 0.4) is 0 Å². The second-order valence-corrected chi connectivity index (χ2v) is 11.3. The van der Waals surface area contributed by atoms with Crippen molar-refractivity contribution in [1.82, 2.24) is 9.47 Å². The van der Waals surface area contributed by atoms with E-state index in [1.54, 1.807) is 48.1 Å². The number of hydrogen-bond acceptors (Lipinski definition) is 8. The smallest absolute Gasteiger partial charge is 0.270 e. The van der Waals surface area contributed by atoms with Gasteiger partial charge in [0.25, 0.3) is 11.5 Å². The number of thioether (sulfide) groups is 1. The van der Waals surface area contributed by atoms with E-state index >= 15 is 0 Å². The van der Waals surface area contributed by atoms with Gasteiger partial charge in [-0.05, 0) is 49.2 Å². The van der Waals surface area contributed by atoms with Gasteiger partial charge in [-0.1, -0.05) is 43.0 Å². The van der Waals surface area contributed by atoms with Crippen LogP contribution < -0.4 is 15.4 Å². The fraction of sp³-hybridized carbons (Fsp3) is 0.310. The Morgan fingerprint density at radius 1 is 1.12 bits per heavy atom. The van der Waals surface area contributed by atoms with E-state index in [0.717, 1.165) is 0 Å². The molecule has 0 bridgehead atoms. The van der Waals surface area contributed by atoms with Crippen LogP contribution in [-0.4, -0.2) is 45.9 Å². The van der Waals surface area contributed by atoms with Crippen molar-refractivity contribution in [2.45, 2.75) is 33.4 Å². The second-order valence-electron chi connectivity index (χ2n) is 9.58. The lowest BCUT2D eigenvalue weighted by atomic mass is 10.0. The molecule has 11 heteroatoms. The highest BCUT2D eigenvalue weighted by molar-refractivity contribution is 8.26. The molecule has 3 aromatic rings. The monoisotopic (exact) mass is 577 g/mol. The molecule has 40 heavy (non-hydrogen) atoms. The average molecular weight is 578 g/mol. The van der Waals surface area contributed by atoms with Gasteiger partial charge in [0.15, 0.2) is 0 Å². The maximum atomic E-state index is 14.5. The van der Waals surface area contributed by atoms with Gasteiger partial charge in [0, 0.05) is 38.3 Å². The lowest BCUT2D eigenvalue weighted by Crippen LogP contribution is -2.49. The number of para-hydroxylation sites is 1. The molecule has 0 saturated carbocycles. The summed E-state index contributed by atoms with van der Waals surface area (Å²) >= 11 is 6.70. The molecule has 0 N–H and O–H groups in total. The normalized spacial score (nSPS) is 16.8. The summed E-state index contributed by atoms with van der Waals surface area (Å²) in [7, 11) is 0. The first-order valence-electron chi connectivity index (χ1n) is 13.0. The number of piperazine rings is 1. The summed E-state index contributed by atoms with van der Waals surface area (Å²) in [4.78, 5) is 32.9. The molecule has 2 aromatic heterocycles. The van der Waals surface area contributed by atoms with Crippen molar-refractivity contribution in [3.63, 3.8) is 0 Å². The Balaban J connectivity index is 1.55. The first-order valence-corrected chi connectivity index (χ1v) is 14.3. The molecule has 4 heterocycles. The highest BCUT2D eigenvalue weighted by Gasteiger charge is 2.34. The summed E-state index contributed by atoms with van der Waals surface area (Å²) in [6.07, 6.45) is 3.98. The van der Waals surface area contributed by atoms with Crippen LogP contribution in [0.4, 0.5) is 15.9 Å². The van der Waals surface area contributed by atoms with Gasteiger partial charge in [-0.2, -0.15) is 5.26 Å². The number of benzene rings is 1. The maximum absolute atomic E-state index is 14.5. The van der Waals surface area contributed by atoms with Gasteiger partial charge in [0.2, 0.25) is 0 Å². The Bertz CT molecular complexity index is 1580. The van der Waals surface area contributed by atoms with Crippen molar-refractivity contribution >= 4 is 51.8 Å². The first kappa shape index (κ1) is 27.7. The number of pyridine rings is 1. The van der Waals surface area contributed by atoms with Gasteiger partial charge < -0.3 is 14.2 Å². The summed E-state index contributed by atoms with van der Waals surface area (Å²) in [6.45, 7) is 6.50. The predicted octanol–water partition coefficient (Wildman–Crippen LogP) is 4.90. The molecule has 0 unspecified atom stereocenters. The summed E-state index contributed by atoms with van der Waals surface area (Å²) in [5.74, 6) is 0.747. The SMILES string of the molecule is CCCn1c(N2CCN(c3ccccc3F)CC2)c(/C=C2/SC(=S)N(Cc3ccco3)C2=O)c(C)c(C#N)c1=O. The molecule has 0 aliphatic carbocycles. The van der Waals surface area contributed by atoms with E-state index in [0.29, 0.717) is 76.8 Å². The van der Waals surface area contributed by atoms with Gasteiger partial charge in [-0.3, -0.25) is 19.1 Å². The van der Waals surface area contributed by atoms with Crippen LogP contribution in [0.2, 0.25) is 0 Å². The number of rotatable bonds is 7. The third-order valence-corrected chi connectivity index (χ3v) is 8.49. The third kappa shape index (κ3) is 5.17. The molecule has 1 aromatic carbocycles. The Morgan fingerprint density at radius 3 is 2.50 bits per heavy atom. The standard InChI is InChI=1S/C29H28FN5O3S2/c1-3-10-34-26(33-13-11-32(12-14-33)24-9-5-4-8-23(24)30)21(19(2)22(17-31)27(34)36)16-25-28(37)35(29(39)40-25)18-20-7-6-15-38-20/h4-9,15-16H,3,10-14,18H2,1-2H3/b25-16+. The van der Waals surface area contributed by atoms with Crippen LogP contribution in [-0.2, 0) is 17.9 Å². The van der Waals surface area contributed by atoms with Crippen LogP contribution in [0.1, 0.15) is 35.8 Å². The van der Waals surface area contributed by atoms with Crippen LogP contribution in [0.15, 0.2) is 56.8 Å². The van der Waals surface area contributed by atoms with E-state index in [9.17, 15) is 19.2 Å². The highest BCUT2D eigenvalue weighted by atomic mass is 32.2. The molecule has 2 saturated heterocycles. The number of halogens is 1. The molecule has 2 fully saturated rings. The number of furan rings is 1. The highest BCUT2D eigenvalue weighted by Crippen LogP contribution is 2.37. The second kappa shape index (κ2) is 11.7. The lowest BCUT2D eigenvalue weighted by molar-refractivity contribution is -0.122. The van der Waals surface area contributed by atoms with Gasteiger partial charge in [0.1, 0.15) is 33.3 Å². The number of carbonyl (C=O) groups excluding carboxylic acids is 1. The zero-order valence-electron chi connectivity index (χ0n) is 22.2. The summed E-state index contributed by atoms with van der Waals surface area (Å²) in [5, 5.41) is 9.89. The van der Waals surface area contributed by atoms with E-state index in [1.165, 1.54) is 22.7 Å². The number of hydrogen-bond donors (Lipinski definition) is 0. The van der Waals surface area contributed by atoms with Crippen molar-refractivity contribution in [3.05, 3.63) is 86.2 Å². The molecule has 0 spiro atoms. The number of nitrogens with zero attached hydrogens (tertiary/aromatic N) is 5. The van der Waals surface area contributed by atoms with Gasteiger partial charge in [-0.15, -0.1) is 0 Å². The number of thiocarbonyl (C=S) groups is 1. The van der Waals surface area contributed by atoms with E-state index < -0.39 is 0 Å². The Hall–Kier alpha value is -3.88. The molecule has 2 aliphatic heterocycles. The molecule has 8 nitrogen and oxygen atoms in total. The largest absolute Gasteiger partial charge is 0.467 e. The summed E-state index contributed by atoms with van der Waals surface area (Å²) in [5.41, 5.74) is 1.41. The minimum Gasteiger partial charge on any atom is -0.467 e. The van der Waals surface area contributed by atoms with Crippen LogP contribution in [0.25, 0.3) is 6.08 Å². The van der Waals surface area contributed by atoms with Crippen molar-refractivity contribution in [3.8, 4) is 6.07 Å². The fourth-order valence-electron chi connectivity index (χ4n) is 5.11. The minimum absolute atomic E-state index is 0.0551. The summed E-state index contributed by atoms with van der Waals surface area (Å²) < 4.78 is 21.9. The van der Waals surface area contributed by atoms with Crippen LogP contribution in [0.5, 0.6) is 0 Å². The van der Waals surface area contributed by atoms with E-state index in [1.807, 2.05) is 17.9 Å². The van der Waals surface area contributed by atoms with Gasteiger partial charge in [-0.25, -0.2) is 4.39 Å². The zero-order chi connectivity index (χ0) is 28.4. The zero-order valence-corrected chi connectivity index (χ0v) is 23.9. The number of nitriles is 1.